The number of nitrogens with one attached hydrogen (secondary N) is 1. The Kier molecular flexibility index (Phi) is 5.36. The molecule has 124 valence electrons. The van der Waals surface area contributed by atoms with Crippen LogP contribution in [0.15, 0.2) is 18.2 Å². The molecule has 0 radical (unpaired) electrons. The Labute approximate surface area is 135 Å². The number of piperidine rings is 1. The maximum Gasteiger partial charge on any atom is 0.326 e. The molecule has 1 aromatic rings. The zero-order chi connectivity index (χ0) is 17.0. The van der Waals surface area contributed by atoms with Gasteiger partial charge in [0.15, 0.2) is 0 Å². The summed E-state index contributed by atoms with van der Waals surface area (Å²) in [4.78, 5) is 36.9. The van der Waals surface area contributed by atoms with Crippen LogP contribution in [0.3, 0.4) is 0 Å². The maximum absolute atomic E-state index is 12.2. The second-order valence-electron chi connectivity index (χ2n) is 5.92. The van der Waals surface area contributed by atoms with Gasteiger partial charge in [-0.25, -0.2) is 4.79 Å². The number of rotatable bonds is 4. The summed E-state index contributed by atoms with van der Waals surface area (Å²) in [5, 5.41) is 11.8. The van der Waals surface area contributed by atoms with Crippen LogP contribution < -0.4 is 5.32 Å². The smallest absolute Gasteiger partial charge is 0.326 e. The van der Waals surface area contributed by atoms with Crippen molar-refractivity contribution in [2.75, 3.05) is 13.1 Å². The minimum atomic E-state index is -0.987. The van der Waals surface area contributed by atoms with E-state index in [0.29, 0.717) is 18.5 Å². The highest BCUT2D eigenvalue weighted by atomic mass is 16.4. The lowest BCUT2D eigenvalue weighted by molar-refractivity contribution is -0.151. The first kappa shape index (κ1) is 17.0. The largest absolute Gasteiger partial charge is 0.480 e. The predicted molar refractivity (Wildman–Crippen MR) is 85.2 cm³/mol. The van der Waals surface area contributed by atoms with Gasteiger partial charge in [-0.15, -0.1) is 0 Å². The number of nitrogens with zero attached hydrogens (tertiary/aromatic N) is 1. The molecule has 1 aliphatic heterocycles. The molecular weight excluding hydrogens is 296 g/mol. The molecule has 1 fully saturated rings. The molecule has 1 aliphatic rings. The van der Waals surface area contributed by atoms with E-state index in [-0.39, 0.29) is 18.4 Å². The first-order valence-electron chi connectivity index (χ1n) is 7.78. The minimum absolute atomic E-state index is 0.185. The van der Waals surface area contributed by atoms with Gasteiger partial charge < -0.3 is 15.3 Å². The SMILES string of the molecule is Cc1ccc(C(=O)NCC(=O)N2CCCC[C@@H]2C(=O)O)cc1C. The molecule has 0 aliphatic carbocycles. The van der Waals surface area contributed by atoms with Crippen molar-refractivity contribution in [3.63, 3.8) is 0 Å². The minimum Gasteiger partial charge on any atom is -0.480 e. The number of carboxylic acids is 1. The zero-order valence-corrected chi connectivity index (χ0v) is 13.5. The number of hydrogen-bond acceptors (Lipinski definition) is 3. The number of carbonyl (C=O) groups excluding carboxylic acids is 2. The van der Waals surface area contributed by atoms with E-state index in [1.165, 1.54) is 4.90 Å². The molecule has 2 amide bonds. The fourth-order valence-electron chi connectivity index (χ4n) is 2.73. The zero-order valence-electron chi connectivity index (χ0n) is 13.5. The number of hydrogen-bond donors (Lipinski definition) is 2. The number of likely N-dealkylation sites (tertiary alicyclic amines) is 1. The number of aliphatic carboxylic acids is 1. The Bertz CT molecular complexity index is 627. The van der Waals surface area contributed by atoms with E-state index in [0.717, 1.165) is 24.0 Å². The first-order valence-corrected chi connectivity index (χ1v) is 7.78. The summed E-state index contributed by atoms with van der Waals surface area (Å²) in [5.74, 6) is -1.67. The van der Waals surface area contributed by atoms with E-state index in [9.17, 15) is 19.5 Å². The fourth-order valence-corrected chi connectivity index (χ4v) is 2.73. The van der Waals surface area contributed by atoms with Crippen LogP contribution >= 0.6 is 0 Å². The van der Waals surface area contributed by atoms with Gasteiger partial charge in [-0.3, -0.25) is 9.59 Å². The summed E-state index contributed by atoms with van der Waals surface area (Å²) >= 11 is 0. The Morgan fingerprint density at radius 1 is 1.22 bits per heavy atom. The van der Waals surface area contributed by atoms with E-state index < -0.39 is 12.0 Å². The number of amides is 2. The van der Waals surface area contributed by atoms with Crippen LogP contribution in [0.25, 0.3) is 0 Å². The van der Waals surface area contributed by atoms with Gasteiger partial charge in [0.25, 0.3) is 5.91 Å². The van der Waals surface area contributed by atoms with Crippen molar-refractivity contribution < 1.29 is 19.5 Å². The van der Waals surface area contributed by atoms with Crippen LogP contribution in [-0.4, -0.2) is 46.9 Å². The molecule has 1 aromatic carbocycles. The summed E-state index contributed by atoms with van der Waals surface area (Å²) in [6.07, 6.45) is 2.06. The molecule has 2 N–H and O–H groups in total. The van der Waals surface area contributed by atoms with Crippen molar-refractivity contribution >= 4 is 17.8 Å². The van der Waals surface area contributed by atoms with Crippen LogP contribution in [0, 0.1) is 13.8 Å². The summed E-state index contributed by atoms with van der Waals surface area (Å²) in [6.45, 7) is 4.12. The number of benzene rings is 1. The molecule has 1 heterocycles. The monoisotopic (exact) mass is 318 g/mol. The predicted octanol–water partition coefficient (Wildman–Crippen LogP) is 1.50. The summed E-state index contributed by atoms with van der Waals surface area (Å²) in [7, 11) is 0. The van der Waals surface area contributed by atoms with Crippen molar-refractivity contribution in [1.29, 1.82) is 0 Å². The number of carbonyl (C=O) groups is 3. The van der Waals surface area contributed by atoms with Crippen LogP contribution in [0.5, 0.6) is 0 Å². The molecular formula is C17H22N2O4. The van der Waals surface area contributed by atoms with Gasteiger partial charge >= 0.3 is 5.97 Å². The van der Waals surface area contributed by atoms with Crippen LogP contribution in [0.2, 0.25) is 0 Å². The fraction of sp³-hybridized carbons (Fsp3) is 0.471. The quantitative estimate of drug-likeness (QED) is 0.881. The second kappa shape index (κ2) is 7.26. The topological polar surface area (TPSA) is 86.7 Å². The molecule has 0 aromatic heterocycles. The lowest BCUT2D eigenvalue weighted by Crippen LogP contribution is -2.51. The maximum atomic E-state index is 12.2. The number of aryl methyl sites for hydroxylation is 2. The average molecular weight is 318 g/mol. The van der Waals surface area contributed by atoms with E-state index >= 15 is 0 Å². The van der Waals surface area contributed by atoms with Crippen LogP contribution in [0.4, 0.5) is 0 Å². The van der Waals surface area contributed by atoms with Gasteiger partial charge in [-0.1, -0.05) is 6.07 Å². The van der Waals surface area contributed by atoms with Gasteiger partial charge in [0.05, 0.1) is 6.54 Å². The van der Waals surface area contributed by atoms with E-state index in [2.05, 4.69) is 5.32 Å². The highest BCUT2D eigenvalue weighted by molar-refractivity contribution is 5.97. The first-order chi connectivity index (χ1) is 10.9. The van der Waals surface area contributed by atoms with Crippen molar-refractivity contribution in [2.45, 2.75) is 39.2 Å². The molecule has 0 bridgehead atoms. The summed E-state index contributed by atoms with van der Waals surface area (Å²) in [5.41, 5.74) is 2.59. The molecule has 6 heteroatoms. The Balaban J connectivity index is 1.96. The Morgan fingerprint density at radius 3 is 2.61 bits per heavy atom. The molecule has 0 unspecified atom stereocenters. The third kappa shape index (κ3) is 4.09. The normalized spacial score (nSPS) is 17.7. The van der Waals surface area contributed by atoms with Crippen molar-refractivity contribution in [3.05, 3.63) is 34.9 Å². The highest BCUT2D eigenvalue weighted by Gasteiger charge is 2.31. The third-order valence-electron chi connectivity index (χ3n) is 4.28. The van der Waals surface area contributed by atoms with E-state index in [4.69, 9.17) is 0 Å². The van der Waals surface area contributed by atoms with Crippen molar-refractivity contribution in [1.82, 2.24) is 10.2 Å². The van der Waals surface area contributed by atoms with Gasteiger partial charge in [-0.05, 0) is 56.4 Å². The Morgan fingerprint density at radius 2 is 1.96 bits per heavy atom. The van der Waals surface area contributed by atoms with Gasteiger partial charge in [0.1, 0.15) is 6.04 Å². The molecule has 23 heavy (non-hydrogen) atoms. The third-order valence-corrected chi connectivity index (χ3v) is 4.28. The lowest BCUT2D eigenvalue weighted by atomic mass is 10.0. The van der Waals surface area contributed by atoms with E-state index in [1.54, 1.807) is 12.1 Å². The van der Waals surface area contributed by atoms with Crippen molar-refractivity contribution in [3.8, 4) is 0 Å². The van der Waals surface area contributed by atoms with Gasteiger partial charge in [-0.2, -0.15) is 0 Å². The molecule has 1 atom stereocenters. The Hall–Kier alpha value is -2.37. The van der Waals surface area contributed by atoms with Crippen LogP contribution in [0.1, 0.15) is 40.7 Å². The number of carboxylic acid groups (broad SMARTS) is 1. The summed E-state index contributed by atoms with van der Waals surface area (Å²) < 4.78 is 0. The standard InChI is InChI=1S/C17H22N2O4/c1-11-6-7-13(9-12(11)2)16(21)18-10-15(20)19-8-4-3-5-14(19)17(22)23/h6-7,9,14H,3-5,8,10H2,1-2H3,(H,18,21)(H,22,23)/t14-/m1/s1. The summed E-state index contributed by atoms with van der Waals surface area (Å²) in [6, 6.07) is 4.56. The van der Waals surface area contributed by atoms with Gasteiger partial charge in [0.2, 0.25) is 5.91 Å². The lowest BCUT2D eigenvalue weighted by Gasteiger charge is -2.33. The van der Waals surface area contributed by atoms with Crippen LogP contribution in [-0.2, 0) is 9.59 Å². The molecule has 0 saturated carbocycles. The molecule has 1 saturated heterocycles. The molecule has 2 rings (SSSR count). The van der Waals surface area contributed by atoms with Gasteiger partial charge in [0, 0.05) is 12.1 Å². The van der Waals surface area contributed by atoms with E-state index in [1.807, 2.05) is 19.9 Å². The molecule has 6 nitrogen and oxygen atoms in total. The van der Waals surface area contributed by atoms with Crippen molar-refractivity contribution in [2.24, 2.45) is 0 Å². The average Bonchev–Trinajstić information content (AvgIpc) is 2.54. The highest BCUT2D eigenvalue weighted by Crippen LogP contribution is 2.17. The second-order valence-corrected chi connectivity index (χ2v) is 5.92. The molecule has 0 spiro atoms.